The van der Waals surface area contributed by atoms with Crippen molar-refractivity contribution in [2.24, 2.45) is 0 Å². The smallest absolute Gasteiger partial charge is 0.303 e. The van der Waals surface area contributed by atoms with E-state index in [-0.39, 0.29) is 12.5 Å². The molecule has 0 bridgehead atoms. The van der Waals surface area contributed by atoms with Crippen molar-refractivity contribution in [2.75, 3.05) is 17.7 Å². The number of hydrogen-bond donors (Lipinski definition) is 2. The first kappa shape index (κ1) is 11.0. The van der Waals surface area contributed by atoms with Gasteiger partial charge in [-0.2, -0.15) is 0 Å². The number of ether oxygens (including phenoxy) is 1. The van der Waals surface area contributed by atoms with Crippen LogP contribution in [0.5, 0.6) is 0 Å². The van der Waals surface area contributed by atoms with Crippen molar-refractivity contribution in [3.8, 4) is 0 Å². The van der Waals surface area contributed by atoms with Gasteiger partial charge in [0.15, 0.2) is 6.61 Å². The first-order chi connectivity index (χ1) is 7.08. The van der Waals surface area contributed by atoms with E-state index in [4.69, 9.17) is 5.73 Å². The van der Waals surface area contributed by atoms with Crippen molar-refractivity contribution in [2.45, 2.75) is 6.92 Å². The fourth-order valence-electron chi connectivity index (χ4n) is 0.931. The Morgan fingerprint density at radius 1 is 1.33 bits per heavy atom. The average Bonchev–Trinajstić information content (AvgIpc) is 2.19. The molecule has 0 saturated heterocycles. The third-order valence-electron chi connectivity index (χ3n) is 1.60. The maximum absolute atomic E-state index is 11.2. The Morgan fingerprint density at radius 3 is 2.47 bits per heavy atom. The summed E-state index contributed by atoms with van der Waals surface area (Å²) in [5, 5.41) is 2.55. The Hall–Kier alpha value is -2.04. The number of hydrogen-bond acceptors (Lipinski definition) is 4. The fraction of sp³-hybridized carbons (Fsp3) is 0.200. The Kier molecular flexibility index (Phi) is 3.68. The highest BCUT2D eigenvalue weighted by atomic mass is 16.5. The van der Waals surface area contributed by atoms with Gasteiger partial charge in [-0.25, -0.2) is 0 Å². The Balaban J connectivity index is 2.44. The molecule has 1 aromatic carbocycles. The van der Waals surface area contributed by atoms with E-state index in [1.54, 1.807) is 24.3 Å². The summed E-state index contributed by atoms with van der Waals surface area (Å²) in [5.74, 6) is -0.863. The largest absolute Gasteiger partial charge is 0.456 e. The van der Waals surface area contributed by atoms with E-state index >= 15 is 0 Å². The Morgan fingerprint density at radius 2 is 1.93 bits per heavy atom. The number of anilines is 2. The Labute approximate surface area is 87.2 Å². The minimum Gasteiger partial charge on any atom is -0.456 e. The first-order valence-corrected chi connectivity index (χ1v) is 4.36. The van der Waals surface area contributed by atoms with Gasteiger partial charge in [-0.1, -0.05) is 0 Å². The summed E-state index contributed by atoms with van der Waals surface area (Å²) in [7, 11) is 0. The molecule has 1 rings (SSSR count). The molecule has 0 aromatic heterocycles. The van der Waals surface area contributed by atoms with E-state index in [0.29, 0.717) is 11.4 Å². The number of esters is 1. The summed E-state index contributed by atoms with van der Waals surface area (Å²) in [6, 6.07) is 6.67. The zero-order chi connectivity index (χ0) is 11.3. The summed E-state index contributed by atoms with van der Waals surface area (Å²) < 4.78 is 4.52. The van der Waals surface area contributed by atoms with Crippen LogP contribution < -0.4 is 11.1 Å². The summed E-state index contributed by atoms with van der Waals surface area (Å²) in [5.41, 5.74) is 6.70. The Bertz CT molecular complexity index is 359. The molecule has 1 aromatic rings. The molecule has 0 aliphatic rings. The maximum atomic E-state index is 11.2. The van der Waals surface area contributed by atoms with E-state index < -0.39 is 5.97 Å². The number of benzene rings is 1. The maximum Gasteiger partial charge on any atom is 0.303 e. The molecule has 0 radical (unpaired) electrons. The van der Waals surface area contributed by atoms with Gasteiger partial charge in [0.25, 0.3) is 5.91 Å². The number of nitrogens with one attached hydrogen (secondary N) is 1. The number of carbonyl (C=O) groups excluding carboxylic acids is 2. The quantitative estimate of drug-likeness (QED) is 0.567. The van der Waals surface area contributed by atoms with Crippen molar-refractivity contribution in [3.63, 3.8) is 0 Å². The molecule has 5 nitrogen and oxygen atoms in total. The van der Waals surface area contributed by atoms with Crippen molar-refractivity contribution in [1.82, 2.24) is 0 Å². The SMILES string of the molecule is CC(=O)OCC(=O)Nc1ccc(N)cc1. The van der Waals surface area contributed by atoms with Crippen molar-refractivity contribution < 1.29 is 14.3 Å². The van der Waals surface area contributed by atoms with Gasteiger partial charge in [-0.3, -0.25) is 9.59 Å². The zero-order valence-electron chi connectivity index (χ0n) is 8.32. The number of rotatable bonds is 3. The number of carbonyl (C=O) groups is 2. The van der Waals surface area contributed by atoms with Crippen LogP contribution in [-0.4, -0.2) is 18.5 Å². The summed E-state index contributed by atoms with van der Waals surface area (Å²) in [4.78, 5) is 21.6. The van der Waals surface area contributed by atoms with Crippen molar-refractivity contribution in [1.29, 1.82) is 0 Å². The number of nitrogen functional groups attached to an aromatic ring is 1. The molecule has 0 fully saturated rings. The van der Waals surface area contributed by atoms with Crippen LogP contribution >= 0.6 is 0 Å². The highest BCUT2D eigenvalue weighted by molar-refractivity contribution is 5.92. The van der Waals surface area contributed by atoms with E-state index in [9.17, 15) is 9.59 Å². The van der Waals surface area contributed by atoms with Crippen LogP contribution in [0.4, 0.5) is 11.4 Å². The second kappa shape index (κ2) is 4.99. The summed E-state index contributed by atoms with van der Waals surface area (Å²) in [6.45, 7) is 0.968. The third kappa shape index (κ3) is 4.12. The van der Waals surface area contributed by atoms with Gasteiger partial charge in [0.05, 0.1) is 0 Å². The van der Waals surface area contributed by atoms with Crippen LogP contribution in [0.15, 0.2) is 24.3 Å². The molecule has 0 atom stereocenters. The minimum absolute atomic E-state index is 0.278. The molecule has 0 spiro atoms. The van der Waals surface area contributed by atoms with Crippen molar-refractivity contribution in [3.05, 3.63) is 24.3 Å². The molecule has 0 unspecified atom stereocenters. The predicted octanol–water partition coefficient (Wildman–Crippen LogP) is 0.770. The van der Waals surface area contributed by atoms with Crippen LogP contribution in [0.3, 0.4) is 0 Å². The average molecular weight is 208 g/mol. The molecule has 1 amide bonds. The molecule has 0 saturated carbocycles. The summed E-state index contributed by atoms with van der Waals surface area (Å²) >= 11 is 0. The molecule has 5 heteroatoms. The van der Waals surface area contributed by atoms with Crippen molar-refractivity contribution >= 4 is 23.3 Å². The minimum atomic E-state index is -0.484. The van der Waals surface area contributed by atoms with E-state index in [1.807, 2.05) is 0 Å². The fourth-order valence-corrected chi connectivity index (χ4v) is 0.931. The first-order valence-electron chi connectivity index (χ1n) is 4.36. The lowest BCUT2D eigenvalue weighted by Gasteiger charge is -2.05. The lowest BCUT2D eigenvalue weighted by Crippen LogP contribution is -2.19. The second-order valence-electron chi connectivity index (χ2n) is 2.95. The van der Waals surface area contributed by atoms with Gasteiger partial charge in [-0.05, 0) is 24.3 Å². The molecular weight excluding hydrogens is 196 g/mol. The molecule has 0 aliphatic carbocycles. The monoisotopic (exact) mass is 208 g/mol. The molecule has 0 heterocycles. The highest BCUT2D eigenvalue weighted by Gasteiger charge is 2.03. The standard InChI is InChI=1S/C10H12N2O3/c1-7(13)15-6-10(14)12-9-4-2-8(11)3-5-9/h2-5H,6,11H2,1H3,(H,12,14). The second-order valence-corrected chi connectivity index (χ2v) is 2.95. The lowest BCUT2D eigenvalue weighted by atomic mass is 10.3. The molecule has 80 valence electrons. The van der Waals surface area contributed by atoms with Gasteiger partial charge in [0.2, 0.25) is 0 Å². The van der Waals surface area contributed by atoms with E-state index in [0.717, 1.165) is 0 Å². The summed E-state index contributed by atoms with van der Waals surface area (Å²) in [6.07, 6.45) is 0. The normalized spacial score (nSPS) is 9.40. The van der Waals surface area contributed by atoms with Crippen LogP contribution in [-0.2, 0) is 14.3 Å². The van der Waals surface area contributed by atoms with Gasteiger partial charge in [0.1, 0.15) is 0 Å². The number of nitrogens with two attached hydrogens (primary N) is 1. The van der Waals surface area contributed by atoms with Crippen LogP contribution in [0, 0.1) is 0 Å². The molecule has 3 N–H and O–H groups in total. The number of amides is 1. The highest BCUT2D eigenvalue weighted by Crippen LogP contribution is 2.09. The van der Waals surface area contributed by atoms with Gasteiger partial charge >= 0.3 is 5.97 Å². The van der Waals surface area contributed by atoms with E-state index in [1.165, 1.54) is 6.92 Å². The van der Waals surface area contributed by atoms with Crippen LogP contribution in [0.1, 0.15) is 6.92 Å². The van der Waals surface area contributed by atoms with E-state index in [2.05, 4.69) is 10.1 Å². The molecular formula is C10H12N2O3. The van der Waals surface area contributed by atoms with Gasteiger partial charge in [-0.15, -0.1) is 0 Å². The zero-order valence-corrected chi connectivity index (χ0v) is 8.32. The van der Waals surface area contributed by atoms with Crippen LogP contribution in [0.2, 0.25) is 0 Å². The van der Waals surface area contributed by atoms with Gasteiger partial charge < -0.3 is 15.8 Å². The third-order valence-corrected chi connectivity index (χ3v) is 1.60. The molecule has 0 aliphatic heterocycles. The van der Waals surface area contributed by atoms with Crippen LogP contribution in [0.25, 0.3) is 0 Å². The predicted molar refractivity (Wildman–Crippen MR) is 56.1 cm³/mol. The van der Waals surface area contributed by atoms with Gasteiger partial charge in [0, 0.05) is 18.3 Å². The lowest BCUT2D eigenvalue weighted by molar-refractivity contribution is -0.144. The topological polar surface area (TPSA) is 81.4 Å². The molecule has 15 heavy (non-hydrogen) atoms.